The van der Waals surface area contributed by atoms with Gasteiger partial charge in [-0.15, -0.1) is 0 Å². The monoisotopic (exact) mass is 694 g/mol. The number of amides is 2. The fourth-order valence-electron chi connectivity index (χ4n) is 9.41. The highest BCUT2D eigenvalue weighted by Crippen LogP contribution is 2.56. The van der Waals surface area contributed by atoms with Crippen molar-refractivity contribution in [3.63, 3.8) is 0 Å². The highest BCUT2D eigenvalue weighted by atomic mass is 35.5. The van der Waals surface area contributed by atoms with Crippen molar-refractivity contribution < 1.29 is 14.3 Å². The van der Waals surface area contributed by atoms with E-state index in [2.05, 4.69) is 52.0 Å². The number of rotatable bonds is 6. The van der Waals surface area contributed by atoms with E-state index in [0.29, 0.717) is 22.6 Å². The van der Waals surface area contributed by atoms with Gasteiger partial charge in [-0.3, -0.25) is 24.3 Å². The van der Waals surface area contributed by atoms with Crippen LogP contribution in [0.2, 0.25) is 10.0 Å². The average molecular weight is 696 g/mol. The lowest BCUT2D eigenvalue weighted by Crippen LogP contribution is -2.63. The molecule has 4 saturated heterocycles. The van der Waals surface area contributed by atoms with E-state index in [9.17, 15) is 9.59 Å². The smallest absolute Gasteiger partial charge is 0.248 e. The average Bonchev–Trinajstić information content (AvgIpc) is 3.60. The fourth-order valence-corrected chi connectivity index (χ4v) is 9.86. The third-order valence-electron chi connectivity index (χ3n) is 11.7. The Bertz CT molecular complexity index is 1790. The standard InChI is InChI=1S/C35H44Cl2N8O3/c1-5-28(46)42-19-35(20-42)12-23(13-35)45-21(2)30(31-25-14-38-39-27(25)10-26(36)32(31)37)33(40-45)44-7-6-22(11-34(44,3)4)15-41-8-9-43-24(16-41)17-48-18-29(43)47/h5,10,14,22-24H,1,6-9,11-13,15-20H2,2-4H3,(H,38,39)/t22-,24+/m1/s1. The maximum Gasteiger partial charge on any atom is 0.248 e. The number of halogens is 2. The quantitative estimate of drug-likeness (QED) is 0.365. The summed E-state index contributed by atoms with van der Waals surface area (Å²) in [5.74, 6) is 1.59. The minimum atomic E-state index is -0.171. The Balaban J connectivity index is 1.08. The highest BCUT2D eigenvalue weighted by Gasteiger charge is 2.55. The topological polar surface area (TPSA) is 103 Å². The van der Waals surface area contributed by atoms with Gasteiger partial charge in [0.2, 0.25) is 11.8 Å². The molecule has 8 rings (SSSR count). The molecule has 2 aromatic heterocycles. The zero-order valence-electron chi connectivity index (χ0n) is 28.0. The van der Waals surface area contributed by atoms with Gasteiger partial charge < -0.3 is 19.4 Å². The van der Waals surface area contributed by atoms with Crippen molar-refractivity contribution in [2.24, 2.45) is 11.3 Å². The first-order valence-electron chi connectivity index (χ1n) is 17.2. The summed E-state index contributed by atoms with van der Waals surface area (Å²) >= 11 is 13.8. The molecule has 0 bridgehead atoms. The van der Waals surface area contributed by atoms with Gasteiger partial charge in [-0.05, 0) is 64.5 Å². The van der Waals surface area contributed by atoms with E-state index < -0.39 is 0 Å². The molecule has 256 valence electrons. The minimum Gasteiger partial charge on any atom is -0.369 e. The summed E-state index contributed by atoms with van der Waals surface area (Å²) < 4.78 is 7.79. The Morgan fingerprint density at radius 3 is 2.69 bits per heavy atom. The van der Waals surface area contributed by atoms with Crippen LogP contribution in [-0.4, -0.2) is 117 Å². The summed E-state index contributed by atoms with van der Waals surface area (Å²) in [6, 6.07) is 2.23. The molecular formula is C35H44Cl2N8O3. The molecule has 5 aliphatic rings. The minimum absolute atomic E-state index is 0.00893. The molecule has 1 spiro atoms. The number of hydrogen-bond acceptors (Lipinski definition) is 7. The number of fused-ring (bicyclic) bond motifs is 2. The second-order valence-electron chi connectivity index (χ2n) is 15.4. The van der Waals surface area contributed by atoms with Gasteiger partial charge in [-0.2, -0.15) is 10.2 Å². The number of benzene rings is 1. The molecule has 1 aromatic carbocycles. The summed E-state index contributed by atoms with van der Waals surface area (Å²) in [6.07, 6.45) is 7.25. The first kappa shape index (κ1) is 32.1. The number of carbonyl (C=O) groups excluding carboxylic acids is 2. The van der Waals surface area contributed by atoms with Crippen molar-refractivity contribution in [3.8, 4) is 11.1 Å². The molecule has 48 heavy (non-hydrogen) atoms. The Morgan fingerprint density at radius 2 is 1.94 bits per heavy atom. The number of likely N-dealkylation sites (tertiary alicyclic amines) is 1. The van der Waals surface area contributed by atoms with Crippen LogP contribution in [0.15, 0.2) is 24.9 Å². The van der Waals surface area contributed by atoms with E-state index in [4.69, 9.17) is 33.0 Å². The van der Waals surface area contributed by atoms with Crippen molar-refractivity contribution in [2.75, 3.05) is 63.9 Å². The summed E-state index contributed by atoms with van der Waals surface area (Å²) in [5.41, 5.74) is 3.77. The second kappa shape index (κ2) is 11.7. The number of ether oxygens (including phenoxy) is 1. The highest BCUT2D eigenvalue weighted by molar-refractivity contribution is 6.45. The van der Waals surface area contributed by atoms with Crippen LogP contribution in [0.5, 0.6) is 0 Å². The van der Waals surface area contributed by atoms with Crippen LogP contribution in [-0.2, 0) is 14.3 Å². The molecule has 1 aliphatic carbocycles. The van der Waals surface area contributed by atoms with E-state index in [1.807, 2.05) is 22.1 Å². The van der Waals surface area contributed by atoms with Crippen molar-refractivity contribution in [1.82, 2.24) is 34.7 Å². The molecule has 6 heterocycles. The molecule has 1 saturated carbocycles. The van der Waals surface area contributed by atoms with E-state index in [0.717, 1.165) is 105 Å². The number of anilines is 1. The maximum absolute atomic E-state index is 12.3. The van der Waals surface area contributed by atoms with Crippen LogP contribution in [0.3, 0.4) is 0 Å². The zero-order chi connectivity index (χ0) is 33.5. The van der Waals surface area contributed by atoms with Crippen molar-refractivity contribution in [2.45, 2.75) is 64.1 Å². The van der Waals surface area contributed by atoms with Crippen molar-refractivity contribution >= 4 is 51.7 Å². The molecule has 3 aromatic rings. The molecule has 2 amide bonds. The Kier molecular flexibility index (Phi) is 7.86. The van der Waals surface area contributed by atoms with Gasteiger partial charge in [-0.1, -0.05) is 29.8 Å². The predicted molar refractivity (Wildman–Crippen MR) is 186 cm³/mol. The van der Waals surface area contributed by atoms with Crippen molar-refractivity contribution in [1.29, 1.82) is 0 Å². The lowest BCUT2D eigenvalue weighted by Gasteiger charge is -2.58. The van der Waals surface area contributed by atoms with Gasteiger partial charge >= 0.3 is 0 Å². The van der Waals surface area contributed by atoms with Crippen LogP contribution in [0.25, 0.3) is 22.0 Å². The van der Waals surface area contributed by atoms with Gasteiger partial charge in [-0.25, -0.2) is 0 Å². The molecule has 2 atom stereocenters. The normalized spacial score (nSPS) is 25.7. The molecular weight excluding hydrogens is 651 g/mol. The number of nitrogens with one attached hydrogen (secondary N) is 1. The lowest BCUT2D eigenvalue weighted by molar-refractivity contribution is -0.152. The van der Waals surface area contributed by atoms with E-state index in [1.165, 1.54) is 6.08 Å². The Labute approximate surface area is 291 Å². The van der Waals surface area contributed by atoms with E-state index in [1.54, 1.807) is 0 Å². The van der Waals surface area contributed by atoms with E-state index >= 15 is 0 Å². The molecule has 13 heteroatoms. The Hall–Kier alpha value is -3.12. The lowest BCUT2D eigenvalue weighted by atomic mass is 9.60. The number of morpholine rings is 1. The van der Waals surface area contributed by atoms with Crippen LogP contribution < -0.4 is 4.90 Å². The molecule has 0 radical (unpaired) electrons. The number of aromatic nitrogens is 4. The van der Waals surface area contributed by atoms with E-state index in [-0.39, 0.29) is 41.5 Å². The van der Waals surface area contributed by atoms with Gasteiger partial charge in [0.15, 0.2) is 5.82 Å². The number of piperazine rings is 1. The van der Waals surface area contributed by atoms with Gasteiger partial charge in [0, 0.05) is 79.0 Å². The zero-order valence-corrected chi connectivity index (χ0v) is 29.5. The predicted octanol–water partition coefficient (Wildman–Crippen LogP) is 4.93. The van der Waals surface area contributed by atoms with Gasteiger partial charge in [0.1, 0.15) is 6.61 Å². The largest absolute Gasteiger partial charge is 0.369 e. The molecule has 11 nitrogen and oxygen atoms in total. The number of piperidine rings is 1. The molecule has 1 N–H and O–H groups in total. The first-order chi connectivity index (χ1) is 23.0. The van der Waals surface area contributed by atoms with Crippen molar-refractivity contribution in [3.05, 3.63) is 40.7 Å². The third kappa shape index (κ3) is 5.23. The SMILES string of the molecule is C=CC(=O)N1CC2(CC(n3nc(N4CC[C@@H](CN5CCN6C(=O)COC[C@@H]6C5)CC4(C)C)c(-c4c(Cl)c(Cl)cc5[nH]ncc45)c3C)C2)C1. The molecule has 4 aliphatic heterocycles. The number of aromatic amines is 1. The van der Waals surface area contributed by atoms with Gasteiger partial charge in [0.05, 0.1) is 40.4 Å². The summed E-state index contributed by atoms with van der Waals surface area (Å²) in [6.45, 7) is 17.3. The number of carbonyl (C=O) groups is 2. The third-order valence-corrected chi connectivity index (χ3v) is 12.5. The number of H-pyrrole nitrogens is 1. The van der Waals surface area contributed by atoms with Gasteiger partial charge in [0.25, 0.3) is 0 Å². The second-order valence-corrected chi connectivity index (χ2v) is 16.2. The summed E-state index contributed by atoms with van der Waals surface area (Å²) in [5, 5.41) is 14.8. The summed E-state index contributed by atoms with van der Waals surface area (Å²) in [7, 11) is 0. The van der Waals surface area contributed by atoms with Crippen LogP contribution >= 0.6 is 23.2 Å². The summed E-state index contributed by atoms with van der Waals surface area (Å²) in [4.78, 5) is 33.4. The maximum atomic E-state index is 12.3. The molecule has 5 fully saturated rings. The van der Waals surface area contributed by atoms with Crippen LogP contribution in [0.1, 0.15) is 51.3 Å². The fraction of sp³-hybridized carbons (Fsp3) is 0.600. The van der Waals surface area contributed by atoms with Crippen LogP contribution in [0, 0.1) is 18.3 Å². The number of hydrogen-bond donors (Lipinski definition) is 1. The van der Waals surface area contributed by atoms with Crippen LogP contribution in [0.4, 0.5) is 5.82 Å². The number of nitrogens with zero attached hydrogens (tertiary/aromatic N) is 7. The Morgan fingerprint density at radius 1 is 1.15 bits per heavy atom. The first-order valence-corrected chi connectivity index (χ1v) is 17.9. The molecule has 0 unspecified atom stereocenters.